The summed E-state index contributed by atoms with van der Waals surface area (Å²) >= 11 is 0.570. The number of rotatable bonds is 6. The number of nitrogens with one attached hydrogen (secondary N) is 1. The van der Waals surface area contributed by atoms with Gasteiger partial charge in [-0.25, -0.2) is 23.3 Å². The third-order valence-electron chi connectivity index (χ3n) is 6.98. The van der Waals surface area contributed by atoms with Gasteiger partial charge in [-0.2, -0.15) is 23.4 Å². The number of carbonyl (C=O) groups excluding carboxylic acids is 2. The second kappa shape index (κ2) is 10.5. The number of carbonyl (C=O) groups is 2. The molecule has 16 heteroatoms. The number of hydrogen-bond acceptors (Lipinski definition) is 7. The van der Waals surface area contributed by atoms with Gasteiger partial charge in [0.25, 0.3) is 18.2 Å². The topological polar surface area (TPSA) is 133 Å². The Morgan fingerprint density at radius 3 is 2.36 bits per heavy atom. The lowest BCUT2D eigenvalue weighted by Crippen LogP contribution is -2.17. The predicted molar refractivity (Wildman–Crippen MR) is 151 cm³/mol. The number of benzene rings is 1. The van der Waals surface area contributed by atoms with Gasteiger partial charge in [0.1, 0.15) is 26.7 Å². The molecule has 0 aliphatic heterocycles. The van der Waals surface area contributed by atoms with Gasteiger partial charge in [-0.1, -0.05) is 30.3 Å². The van der Waals surface area contributed by atoms with E-state index in [0.717, 1.165) is 22.8 Å². The van der Waals surface area contributed by atoms with Crippen molar-refractivity contribution in [3.05, 3.63) is 82.4 Å². The van der Waals surface area contributed by atoms with E-state index >= 15 is 0 Å². The third-order valence-corrected chi connectivity index (χ3v) is 8.08. The molecular formula is C28H19F5N8O2S. The Labute approximate surface area is 248 Å². The molecule has 0 atom stereocenters. The second-order valence-corrected chi connectivity index (χ2v) is 10.7. The van der Waals surface area contributed by atoms with Crippen LogP contribution in [0.15, 0.2) is 54.9 Å². The molecule has 0 radical (unpaired) electrons. The zero-order valence-corrected chi connectivity index (χ0v) is 23.5. The summed E-state index contributed by atoms with van der Waals surface area (Å²) in [5, 5.41) is 10.6. The maximum atomic E-state index is 14.0. The number of thiophene rings is 1. The Kier molecular flexibility index (Phi) is 6.87. The maximum Gasteiger partial charge on any atom is 0.433 e. The Bertz CT molecular complexity index is 2100. The van der Waals surface area contributed by atoms with Gasteiger partial charge in [-0.15, -0.1) is 11.3 Å². The number of anilines is 1. The van der Waals surface area contributed by atoms with Gasteiger partial charge in [0, 0.05) is 29.3 Å². The summed E-state index contributed by atoms with van der Waals surface area (Å²) in [7, 11) is 1.60. The zero-order valence-electron chi connectivity index (χ0n) is 22.6. The van der Waals surface area contributed by atoms with Crippen molar-refractivity contribution in [1.82, 2.24) is 29.4 Å². The highest BCUT2D eigenvalue weighted by Crippen LogP contribution is 2.44. The smallest absolute Gasteiger partial charge is 0.365 e. The van der Waals surface area contributed by atoms with Crippen LogP contribution in [0.1, 0.15) is 43.5 Å². The zero-order chi connectivity index (χ0) is 31.5. The fourth-order valence-electron chi connectivity index (χ4n) is 4.75. The van der Waals surface area contributed by atoms with Crippen LogP contribution < -0.4 is 11.1 Å². The van der Waals surface area contributed by atoms with Crippen molar-refractivity contribution in [3.63, 3.8) is 0 Å². The van der Waals surface area contributed by atoms with Crippen LogP contribution in [0.2, 0.25) is 0 Å². The third kappa shape index (κ3) is 4.82. The van der Waals surface area contributed by atoms with Crippen molar-refractivity contribution in [2.75, 3.05) is 5.32 Å². The lowest BCUT2D eigenvalue weighted by atomic mass is 10.0. The van der Waals surface area contributed by atoms with Gasteiger partial charge in [0.05, 0.1) is 23.8 Å². The summed E-state index contributed by atoms with van der Waals surface area (Å²) < 4.78 is 72.0. The minimum atomic E-state index is -4.83. The molecule has 0 saturated carbocycles. The van der Waals surface area contributed by atoms with Crippen LogP contribution in [0.5, 0.6) is 0 Å². The Hall–Kier alpha value is -5.25. The van der Waals surface area contributed by atoms with E-state index in [9.17, 15) is 31.5 Å². The first-order valence-corrected chi connectivity index (χ1v) is 13.5. The molecule has 2 amide bonds. The van der Waals surface area contributed by atoms with Crippen molar-refractivity contribution in [2.24, 2.45) is 12.8 Å². The van der Waals surface area contributed by atoms with E-state index in [1.807, 2.05) is 0 Å². The number of pyridine rings is 1. The fraction of sp³-hybridized carbons (Fsp3) is 0.143. The quantitative estimate of drug-likeness (QED) is 0.217. The molecule has 5 aromatic heterocycles. The number of fused-ring (bicyclic) bond motifs is 2. The Morgan fingerprint density at radius 2 is 1.75 bits per heavy atom. The molecule has 1 aromatic carbocycles. The molecule has 0 aliphatic rings. The number of alkyl halides is 5. The number of halogens is 5. The highest BCUT2D eigenvalue weighted by atomic mass is 32.1. The predicted octanol–water partition coefficient (Wildman–Crippen LogP) is 6.02. The monoisotopic (exact) mass is 626 g/mol. The Balaban J connectivity index is 1.55. The number of nitrogens with two attached hydrogens (primary N) is 1. The molecule has 224 valence electrons. The summed E-state index contributed by atoms with van der Waals surface area (Å²) in [6.07, 6.45) is -5.42. The number of aryl methyl sites for hydroxylation is 1. The summed E-state index contributed by atoms with van der Waals surface area (Å²) in [6, 6.07) is 10.4. The van der Waals surface area contributed by atoms with Crippen LogP contribution in [-0.4, -0.2) is 41.2 Å². The van der Waals surface area contributed by atoms with Crippen LogP contribution in [0.25, 0.3) is 38.2 Å². The summed E-state index contributed by atoms with van der Waals surface area (Å²) in [5.41, 5.74) is 4.64. The van der Waals surface area contributed by atoms with Crippen LogP contribution in [0, 0.1) is 6.92 Å². The average Bonchev–Trinajstić information content (AvgIpc) is 3.67. The minimum absolute atomic E-state index is 0.00341. The van der Waals surface area contributed by atoms with E-state index in [1.54, 1.807) is 44.3 Å². The molecule has 10 nitrogen and oxygen atoms in total. The van der Waals surface area contributed by atoms with E-state index in [2.05, 4.69) is 25.5 Å². The molecule has 0 fully saturated rings. The lowest BCUT2D eigenvalue weighted by Gasteiger charge is -2.12. The minimum Gasteiger partial charge on any atom is -0.365 e. The van der Waals surface area contributed by atoms with Gasteiger partial charge in [-0.3, -0.25) is 14.3 Å². The van der Waals surface area contributed by atoms with Gasteiger partial charge in [0.2, 0.25) is 0 Å². The SMILES string of the molecule is Cc1c(-c2cc(C(F)(F)F)nc3sc(C(N)=O)c(NC(=O)c4cnn5c(C(F)F)cc(-c6ccccc6)nc45)c23)cnn1C. The molecule has 6 aromatic rings. The number of amides is 2. The average molecular weight is 627 g/mol. The first-order chi connectivity index (χ1) is 20.8. The first-order valence-electron chi connectivity index (χ1n) is 12.7. The number of hydrogen-bond donors (Lipinski definition) is 2. The van der Waals surface area contributed by atoms with Gasteiger partial charge in [-0.05, 0) is 24.6 Å². The second-order valence-electron chi connectivity index (χ2n) is 9.65. The fourth-order valence-corrected chi connectivity index (χ4v) is 5.76. The van der Waals surface area contributed by atoms with Crippen molar-refractivity contribution >= 4 is 44.7 Å². The standard InChI is InChI=1S/C28H19F5N8O2S/c1-12-15(10-35-40(12)2)14-8-19(28(31,32)33)38-27-20(14)21(22(44-27)24(34)42)39-26(43)16-11-36-41-18(23(29)30)9-17(37-25(16)41)13-6-4-3-5-7-13/h3-11,23H,1-2H3,(H2,34,42)(H,39,43). The maximum absolute atomic E-state index is 14.0. The first kappa shape index (κ1) is 28.9. The van der Waals surface area contributed by atoms with Crippen LogP contribution >= 0.6 is 11.3 Å². The largest absolute Gasteiger partial charge is 0.433 e. The van der Waals surface area contributed by atoms with Crippen molar-refractivity contribution in [3.8, 4) is 22.4 Å². The van der Waals surface area contributed by atoms with Gasteiger partial charge in [0.15, 0.2) is 5.65 Å². The number of primary amides is 1. The Morgan fingerprint density at radius 1 is 1.02 bits per heavy atom. The van der Waals surface area contributed by atoms with E-state index in [0.29, 0.717) is 28.2 Å². The van der Waals surface area contributed by atoms with E-state index < -0.39 is 35.8 Å². The van der Waals surface area contributed by atoms with E-state index in [-0.39, 0.29) is 43.2 Å². The molecule has 6 rings (SSSR count). The van der Waals surface area contributed by atoms with Crippen LogP contribution in [0.4, 0.5) is 27.6 Å². The molecule has 5 heterocycles. The van der Waals surface area contributed by atoms with Crippen LogP contribution in [0.3, 0.4) is 0 Å². The molecule has 0 aliphatic carbocycles. The van der Waals surface area contributed by atoms with E-state index in [4.69, 9.17) is 5.73 Å². The molecule has 0 saturated heterocycles. The van der Waals surface area contributed by atoms with Crippen molar-refractivity contribution in [2.45, 2.75) is 19.5 Å². The van der Waals surface area contributed by atoms with Gasteiger partial charge >= 0.3 is 6.18 Å². The van der Waals surface area contributed by atoms with Crippen LogP contribution in [-0.2, 0) is 13.2 Å². The van der Waals surface area contributed by atoms with Crippen molar-refractivity contribution < 1.29 is 31.5 Å². The molecular weight excluding hydrogens is 607 g/mol. The molecule has 0 spiro atoms. The van der Waals surface area contributed by atoms with E-state index in [1.165, 1.54) is 10.9 Å². The molecule has 0 unspecified atom stereocenters. The summed E-state index contributed by atoms with van der Waals surface area (Å²) in [5.74, 6) is -1.95. The molecule has 44 heavy (non-hydrogen) atoms. The molecule has 0 bridgehead atoms. The summed E-state index contributed by atoms with van der Waals surface area (Å²) in [4.78, 5) is 33.9. The number of aromatic nitrogens is 6. The van der Waals surface area contributed by atoms with Gasteiger partial charge < -0.3 is 11.1 Å². The lowest BCUT2D eigenvalue weighted by molar-refractivity contribution is -0.140. The number of nitrogens with zero attached hydrogens (tertiary/aromatic N) is 6. The normalized spacial score (nSPS) is 12.0. The highest BCUT2D eigenvalue weighted by Gasteiger charge is 2.36. The van der Waals surface area contributed by atoms with Crippen molar-refractivity contribution in [1.29, 1.82) is 0 Å². The summed E-state index contributed by atoms with van der Waals surface area (Å²) in [6.45, 7) is 1.64. The highest BCUT2D eigenvalue weighted by molar-refractivity contribution is 7.21. The molecule has 3 N–H and O–H groups in total.